The van der Waals surface area contributed by atoms with Gasteiger partial charge in [0.05, 0.1) is 11.0 Å². The molecular formula is C14H19FN2. The molecule has 1 heterocycles. The van der Waals surface area contributed by atoms with E-state index in [9.17, 15) is 4.39 Å². The van der Waals surface area contributed by atoms with Crippen molar-refractivity contribution in [3.63, 3.8) is 0 Å². The summed E-state index contributed by atoms with van der Waals surface area (Å²) in [6.07, 6.45) is 4.34. The zero-order valence-corrected chi connectivity index (χ0v) is 10.5. The Morgan fingerprint density at radius 3 is 2.76 bits per heavy atom. The molecule has 0 unspecified atom stereocenters. The summed E-state index contributed by atoms with van der Waals surface area (Å²) in [5, 5.41) is 0. The van der Waals surface area contributed by atoms with Crippen LogP contribution in [0.15, 0.2) is 18.2 Å². The lowest BCUT2D eigenvalue weighted by atomic mass is 10.2. The van der Waals surface area contributed by atoms with Gasteiger partial charge in [0.1, 0.15) is 11.6 Å². The van der Waals surface area contributed by atoms with Gasteiger partial charge in [-0.3, -0.25) is 0 Å². The molecule has 0 radical (unpaired) electrons. The molecule has 0 saturated heterocycles. The lowest BCUT2D eigenvalue weighted by Crippen LogP contribution is -2.03. The van der Waals surface area contributed by atoms with E-state index in [1.165, 1.54) is 12.1 Å². The molecule has 0 saturated carbocycles. The average Bonchev–Trinajstić information content (AvgIpc) is 2.64. The van der Waals surface area contributed by atoms with Crippen LogP contribution in [0.3, 0.4) is 0 Å². The van der Waals surface area contributed by atoms with Crippen molar-refractivity contribution in [3.05, 3.63) is 29.8 Å². The number of halogens is 1. The maximum absolute atomic E-state index is 13.2. The third-order valence-electron chi connectivity index (χ3n) is 2.99. The zero-order valence-electron chi connectivity index (χ0n) is 10.5. The van der Waals surface area contributed by atoms with Crippen LogP contribution >= 0.6 is 0 Å². The van der Waals surface area contributed by atoms with Gasteiger partial charge in [0, 0.05) is 19.0 Å². The highest BCUT2D eigenvalue weighted by Gasteiger charge is 2.10. The molecule has 2 aromatic rings. The Labute approximate surface area is 101 Å². The smallest absolute Gasteiger partial charge is 0.125 e. The molecule has 3 heteroatoms. The number of fused-ring (bicyclic) bond motifs is 1. The molecular weight excluding hydrogens is 215 g/mol. The Hall–Kier alpha value is -1.38. The van der Waals surface area contributed by atoms with Gasteiger partial charge >= 0.3 is 0 Å². The number of nitrogens with zero attached hydrogens (tertiary/aromatic N) is 2. The molecule has 2 rings (SSSR count). The molecule has 0 spiro atoms. The normalized spacial score (nSPS) is 11.2. The summed E-state index contributed by atoms with van der Waals surface area (Å²) in [5.41, 5.74) is 1.84. The lowest BCUT2D eigenvalue weighted by Gasteiger charge is -2.06. The fourth-order valence-corrected chi connectivity index (χ4v) is 2.15. The summed E-state index contributed by atoms with van der Waals surface area (Å²) >= 11 is 0. The quantitative estimate of drug-likeness (QED) is 0.766. The maximum Gasteiger partial charge on any atom is 0.125 e. The van der Waals surface area contributed by atoms with Crippen molar-refractivity contribution >= 4 is 11.0 Å². The SMILES string of the molecule is CCCCc1nc2cc(F)ccc2n1CCC. The topological polar surface area (TPSA) is 17.8 Å². The molecule has 0 N–H and O–H groups in total. The van der Waals surface area contributed by atoms with E-state index in [0.29, 0.717) is 0 Å². The Morgan fingerprint density at radius 2 is 2.06 bits per heavy atom. The minimum Gasteiger partial charge on any atom is -0.328 e. The Bertz CT molecular complexity index is 502. The Morgan fingerprint density at radius 1 is 1.24 bits per heavy atom. The summed E-state index contributed by atoms with van der Waals surface area (Å²) < 4.78 is 15.4. The summed E-state index contributed by atoms with van der Waals surface area (Å²) in [7, 11) is 0. The highest BCUT2D eigenvalue weighted by molar-refractivity contribution is 5.76. The molecule has 0 aliphatic rings. The number of aromatic nitrogens is 2. The van der Waals surface area contributed by atoms with Crippen LogP contribution in [-0.4, -0.2) is 9.55 Å². The van der Waals surface area contributed by atoms with Crippen molar-refractivity contribution < 1.29 is 4.39 Å². The molecule has 0 atom stereocenters. The van der Waals surface area contributed by atoms with Crippen LogP contribution in [0.2, 0.25) is 0 Å². The number of rotatable bonds is 5. The van der Waals surface area contributed by atoms with Gasteiger partial charge in [-0.25, -0.2) is 9.37 Å². The molecule has 0 amide bonds. The molecule has 92 valence electrons. The summed E-state index contributed by atoms with van der Waals surface area (Å²) in [6.45, 7) is 5.28. The molecule has 0 aliphatic heterocycles. The van der Waals surface area contributed by atoms with Gasteiger partial charge in [-0.1, -0.05) is 20.3 Å². The minimum absolute atomic E-state index is 0.208. The lowest BCUT2D eigenvalue weighted by molar-refractivity contribution is 0.627. The van der Waals surface area contributed by atoms with E-state index >= 15 is 0 Å². The highest BCUT2D eigenvalue weighted by atomic mass is 19.1. The van der Waals surface area contributed by atoms with E-state index in [1.807, 2.05) is 6.07 Å². The third-order valence-corrected chi connectivity index (χ3v) is 2.99. The second kappa shape index (κ2) is 5.30. The standard InChI is InChI=1S/C14H19FN2/c1-3-5-6-14-16-12-10-11(15)7-8-13(12)17(14)9-4-2/h7-8,10H,3-6,9H2,1-2H3. The molecule has 1 aromatic carbocycles. The monoisotopic (exact) mass is 234 g/mol. The average molecular weight is 234 g/mol. The predicted octanol–water partition coefficient (Wildman–Crippen LogP) is 3.93. The van der Waals surface area contributed by atoms with E-state index in [-0.39, 0.29) is 5.82 Å². The Balaban J connectivity index is 2.45. The maximum atomic E-state index is 13.2. The fourth-order valence-electron chi connectivity index (χ4n) is 2.15. The molecule has 0 fully saturated rings. The fraction of sp³-hybridized carbons (Fsp3) is 0.500. The van der Waals surface area contributed by atoms with Gasteiger partial charge in [0.2, 0.25) is 0 Å². The van der Waals surface area contributed by atoms with Gasteiger partial charge in [-0.05, 0) is 25.0 Å². The van der Waals surface area contributed by atoms with Crippen LogP contribution in [0.4, 0.5) is 4.39 Å². The molecule has 0 bridgehead atoms. The number of unbranched alkanes of at least 4 members (excludes halogenated alkanes) is 1. The van der Waals surface area contributed by atoms with Gasteiger partial charge in [-0.2, -0.15) is 0 Å². The summed E-state index contributed by atoms with van der Waals surface area (Å²) in [4.78, 5) is 4.55. The first-order chi connectivity index (χ1) is 8.26. The second-order valence-corrected chi connectivity index (χ2v) is 4.42. The largest absolute Gasteiger partial charge is 0.328 e. The third kappa shape index (κ3) is 2.48. The van der Waals surface area contributed by atoms with Crippen LogP contribution in [-0.2, 0) is 13.0 Å². The van der Waals surface area contributed by atoms with Gasteiger partial charge in [0.15, 0.2) is 0 Å². The number of hydrogen-bond donors (Lipinski definition) is 0. The molecule has 0 aliphatic carbocycles. The minimum atomic E-state index is -0.208. The van der Waals surface area contributed by atoms with Crippen molar-refractivity contribution in [2.45, 2.75) is 46.1 Å². The first-order valence-corrected chi connectivity index (χ1v) is 6.41. The van der Waals surface area contributed by atoms with E-state index < -0.39 is 0 Å². The highest BCUT2D eigenvalue weighted by Crippen LogP contribution is 2.19. The number of aryl methyl sites for hydroxylation is 2. The summed E-state index contributed by atoms with van der Waals surface area (Å²) in [5.74, 6) is 0.884. The number of imidazole rings is 1. The first kappa shape index (κ1) is 12.1. The predicted molar refractivity (Wildman–Crippen MR) is 68.6 cm³/mol. The van der Waals surface area contributed by atoms with Crippen LogP contribution < -0.4 is 0 Å². The van der Waals surface area contributed by atoms with Crippen molar-refractivity contribution in [2.75, 3.05) is 0 Å². The van der Waals surface area contributed by atoms with Crippen molar-refractivity contribution in [1.29, 1.82) is 0 Å². The van der Waals surface area contributed by atoms with E-state index in [1.54, 1.807) is 0 Å². The van der Waals surface area contributed by atoms with E-state index in [2.05, 4.69) is 23.4 Å². The Kier molecular flexibility index (Phi) is 3.77. The van der Waals surface area contributed by atoms with Crippen molar-refractivity contribution in [1.82, 2.24) is 9.55 Å². The number of hydrogen-bond acceptors (Lipinski definition) is 1. The van der Waals surface area contributed by atoms with Crippen LogP contribution in [0.5, 0.6) is 0 Å². The van der Waals surface area contributed by atoms with Crippen LogP contribution in [0, 0.1) is 5.82 Å². The molecule has 2 nitrogen and oxygen atoms in total. The van der Waals surface area contributed by atoms with Crippen molar-refractivity contribution in [3.8, 4) is 0 Å². The number of benzene rings is 1. The summed E-state index contributed by atoms with van der Waals surface area (Å²) in [6, 6.07) is 4.87. The molecule has 17 heavy (non-hydrogen) atoms. The van der Waals surface area contributed by atoms with Gasteiger partial charge < -0.3 is 4.57 Å². The molecule has 1 aromatic heterocycles. The zero-order chi connectivity index (χ0) is 12.3. The van der Waals surface area contributed by atoms with Gasteiger partial charge in [-0.15, -0.1) is 0 Å². The van der Waals surface area contributed by atoms with Gasteiger partial charge in [0.25, 0.3) is 0 Å². The van der Waals surface area contributed by atoms with Crippen LogP contribution in [0.25, 0.3) is 11.0 Å². The van der Waals surface area contributed by atoms with E-state index in [0.717, 1.165) is 49.1 Å². The van der Waals surface area contributed by atoms with E-state index in [4.69, 9.17) is 0 Å². The van der Waals surface area contributed by atoms with Crippen LogP contribution in [0.1, 0.15) is 38.9 Å². The first-order valence-electron chi connectivity index (χ1n) is 6.41. The van der Waals surface area contributed by atoms with Crippen molar-refractivity contribution in [2.24, 2.45) is 0 Å². The second-order valence-electron chi connectivity index (χ2n) is 4.42.